The average Bonchev–Trinajstić information content (AvgIpc) is 2.97. The third kappa shape index (κ3) is 2.22. The van der Waals surface area contributed by atoms with E-state index in [-0.39, 0.29) is 30.8 Å². The number of anilines is 1. The van der Waals surface area contributed by atoms with Gasteiger partial charge >= 0.3 is 5.97 Å². The van der Waals surface area contributed by atoms with Crippen molar-refractivity contribution in [3.63, 3.8) is 0 Å². The van der Waals surface area contributed by atoms with Crippen LogP contribution in [0.5, 0.6) is 0 Å². The van der Waals surface area contributed by atoms with E-state index in [9.17, 15) is 9.59 Å². The van der Waals surface area contributed by atoms with Crippen molar-refractivity contribution in [1.29, 1.82) is 0 Å². The third-order valence-corrected chi connectivity index (χ3v) is 4.70. The Morgan fingerprint density at radius 2 is 1.71 bits per heavy atom. The lowest BCUT2D eigenvalue weighted by Gasteiger charge is -2.32. The quantitative estimate of drug-likeness (QED) is 0.798. The first-order chi connectivity index (χ1) is 11.7. The first kappa shape index (κ1) is 14.7. The molecule has 0 saturated heterocycles. The molecule has 24 heavy (non-hydrogen) atoms. The van der Waals surface area contributed by atoms with Crippen LogP contribution in [0.1, 0.15) is 23.5 Å². The highest BCUT2D eigenvalue weighted by molar-refractivity contribution is 6.06. The summed E-state index contributed by atoms with van der Waals surface area (Å²) < 4.78 is 5.28. The van der Waals surface area contributed by atoms with Crippen LogP contribution in [0.25, 0.3) is 0 Å². The molecule has 2 heterocycles. The van der Waals surface area contributed by atoms with E-state index in [1.807, 2.05) is 61.5 Å². The van der Waals surface area contributed by atoms with E-state index in [1.165, 1.54) is 0 Å². The van der Waals surface area contributed by atoms with E-state index in [4.69, 9.17) is 4.74 Å². The van der Waals surface area contributed by atoms with Crippen molar-refractivity contribution in [2.75, 3.05) is 11.5 Å². The van der Waals surface area contributed by atoms with Crippen LogP contribution in [-0.4, -0.2) is 18.5 Å². The Morgan fingerprint density at radius 1 is 1.00 bits per heavy atom. The minimum absolute atomic E-state index is 0.00787. The van der Waals surface area contributed by atoms with E-state index < -0.39 is 0 Å². The monoisotopic (exact) mass is 319 g/mol. The van der Waals surface area contributed by atoms with Gasteiger partial charge in [0.25, 0.3) is 0 Å². The van der Waals surface area contributed by atoms with Gasteiger partial charge in [0.1, 0.15) is 6.61 Å². The van der Waals surface area contributed by atoms with Gasteiger partial charge in [0.2, 0.25) is 5.91 Å². The van der Waals surface area contributed by atoms with Crippen LogP contribution < -0.4 is 4.90 Å². The third-order valence-electron chi connectivity index (χ3n) is 4.70. The summed E-state index contributed by atoms with van der Waals surface area (Å²) in [4.78, 5) is 26.9. The number of carbonyl (C=O) groups is 2. The zero-order chi connectivity index (χ0) is 16.7. The molecule has 0 fully saturated rings. The molecule has 0 N–H and O–H groups in total. The SMILES string of the molecule is Cc1ccccc1C1CC(=O)N(c2ccccc2)C2=C1C(=O)OC2. The van der Waals surface area contributed by atoms with Crippen molar-refractivity contribution in [2.24, 2.45) is 0 Å². The van der Waals surface area contributed by atoms with Crippen LogP contribution in [0.3, 0.4) is 0 Å². The van der Waals surface area contributed by atoms with E-state index in [2.05, 4.69) is 0 Å². The first-order valence-corrected chi connectivity index (χ1v) is 8.00. The number of carbonyl (C=O) groups excluding carboxylic acids is 2. The van der Waals surface area contributed by atoms with Crippen LogP contribution in [0.15, 0.2) is 65.9 Å². The molecule has 2 aliphatic heterocycles. The molecule has 4 heteroatoms. The Morgan fingerprint density at radius 3 is 2.46 bits per heavy atom. The maximum absolute atomic E-state index is 12.9. The van der Waals surface area contributed by atoms with Gasteiger partial charge in [0.05, 0.1) is 11.3 Å². The zero-order valence-electron chi connectivity index (χ0n) is 13.4. The van der Waals surface area contributed by atoms with Crippen molar-refractivity contribution in [3.8, 4) is 0 Å². The van der Waals surface area contributed by atoms with Crippen LogP contribution >= 0.6 is 0 Å². The maximum Gasteiger partial charge on any atom is 0.336 e. The summed E-state index contributed by atoms with van der Waals surface area (Å²) in [5.74, 6) is -0.554. The molecule has 0 spiro atoms. The highest BCUT2D eigenvalue weighted by atomic mass is 16.5. The fourth-order valence-corrected chi connectivity index (χ4v) is 3.57. The number of amides is 1. The van der Waals surface area contributed by atoms with Gasteiger partial charge in [-0.15, -0.1) is 0 Å². The number of hydrogen-bond donors (Lipinski definition) is 0. The highest BCUT2D eigenvalue weighted by Gasteiger charge is 2.43. The van der Waals surface area contributed by atoms with E-state index in [1.54, 1.807) is 4.90 Å². The van der Waals surface area contributed by atoms with Crippen LogP contribution in [0, 0.1) is 6.92 Å². The number of ether oxygens (including phenoxy) is 1. The Kier molecular flexibility index (Phi) is 3.45. The predicted octanol–water partition coefficient (Wildman–Crippen LogP) is 3.33. The molecule has 0 radical (unpaired) electrons. The van der Waals surface area contributed by atoms with Gasteiger partial charge in [0, 0.05) is 18.0 Å². The van der Waals surface area contributed by atoms with Gasteiger partial charge < -0.3 is 4.74 Å². The molecule has 2 aromatic rings. The second-order valence-electron chi connectivity index (χ2n) is 6.11. The largest absolute Gasteiger partial charge is 0.456 e. The summed E-state index contributed by atoms with van der Waals surface area (Å²) >= 11 is 0. The van der Waals surface area contributed by atoms with Crippen LogP contribution in [0.2, 0.25) is 0 Å². The smallest absolute Gasteiger partial charge is 0.336 e. The maximum atomic E-state index is 12.9. The average molecular weight is 319 g/mol. The molecule has 120 valence electrons. The Hall–Kier alpha value is -2.88. The minimum atomic E-state index is -0.313. The molecular weight excluding hydrogens is 302 g/mol. The van der Waals surface area contributed by atoms with E-state index >= 15 is 0 Å². The number of para-hydroxylation sites is 1. The topological polar surface area (TPSA) is 46.6 Å². The second-order valence-corrected chi connectivity index (χ2v) is 6.11. The summed E-state index contributed by atoms with van der Waals surface area (Å²) in [5.41, 5.74) is 4.17. The minimum Gasteiger partial charge on any atom is -0.456 e. The standard InChI is InChI=1S/C20H17NO3/c1-13-7-5-6-10-15(13)16-11-18(22)21(14-8-3-2-4-9-14)17-12-24-20(23)19(16)17/h2-10,16H,11-12H2,1H3. The molecule has 1 atom stereocenters. The van der Waals surface area contributed by atoms with Crippen molar-refractivity contribution >= 4 is 17.6 Å². The number of nitrogens with zero attached hydrogens (tertiary/aromatic N) is 1. The number of rotatable bonds is 2. The summed E-state index contributed by atoms with van der Waals surface area (Å²) in [7, 11) is 0. The summed E-state index contributed by atoms with van der Waals surface area (Å²) in [6.07, 6.45) is 0.272. The Labute approximate surface area is 140 Å². The fourth-order valence-electron chi connectivity index (χ4n) is 3.57. The highest BCUT2D eigenvalue weighted by Crippen LogP contribution is 2.42. The van der Waals surface area contributed by atoms with Gasteiger partial charge in [-0.25, -0.2) is 4.79 Å². The molecule has 0 bridgehead atoms. The lowest BCUT2D eigenvalue weighted by Crippen LogP contribution is -2.37. The number of cyclic esters (lactones) is 1. The summed E-state index contributed by atoms with van der Waals surface area (Å²) in [6.45, 7) is 2.15. The molecule has 1 unspecified atom stereocenters. The van der Waals surface area contributed by atoms with Gasteiger partial charge in [0.15, 0.2) is 0 Å². The van der Waals surface area contributed by atoms with Gasteiger partial charge in [-0.2, -0.15) is 0 Å². The molecule has 4 rings (SSSR count). The molecule has 2 aromatic carbocycles. The Balaban J connectivity index is 1.86. The lowest BCUT2D eigenvalue weighted by atomic mass is 9.82. The number of benzene rings is 2. The zero-order valence-corrected chi connectivity index (χ0v) is 13.4. The van der Waals surface area contributed by atoms with Crippen LogP contribution in [-0.2, 0) is 14.3 Å². The van der Waals surface area contributed by atoms with Gasteiger partial charge in [-0.1, -0.05) is 42.5 Å². The first-order valence-electron chi connectivity index (χ1n) is 8.00. The van der Waals surface area contributed by atoms with E-state index in [0.29, 0.717) is 11.3 Å². The molecule has 0 saturated carbocycles. The van der Waals surface area contributed by atoms with Crippen molar-refractivity contribution in [3.05, 3.63) is 77.0 Å². The molecule has 1 amide bonds. The lowest BCUT2D eigenvalue weighted by molar-refractivity contribution is -0.136. The number of hydrogen-bond acceptors (Lipinski definition) is 3. The summed E-state index contributed by atoms with van der Waals surface area (Å²) in [5, 5.41) is 0. The summed E-state index contributed by atoms with van der Waals surface area (Å²) in [6, 6.07) is 17.3. The molecule has 2 aliphatic rings. The van der Waals surface area contributed by atoms with Gasteiger partial charge in [-0.05, 0) is 30.2 Å². The Bertz CT molecular complexity index is 854. The van der Waals surface area contributed by atoms with Crippen molar-refractivity contribution in [2.45, 2.75) is 19.3 Å². The number of esters is 1. The van der Waals surface area contributed by atoms with Crippen molar-refractivity contribution < 1.29 is 14.3 Å². The van der Waals surface area contributed by atoms with Gasteiger partial charge in [-0.3, -0.25) is 9.69 Å². The molecule has 0 aliphatic carbocycles. The normalized spacial score (nSPS) is 20.2. The van der Waals surface area contributed by atoms with Crippen LogP contribution in [0.4, 0.5) is 5.69 Å². The van der Waals surface area contributed by atoms with E-state index in [0.717, 1.165) is 16.8 Å². The number of aryl methyl sites for hydroxylation is 1. The van der Waals surface area contributed by atoms with Crippen molar-refractivity contribution in [1.82, 2.24) is 0 Å². The molecule has 0 aromatic heterocycles. The molecule has 4 nitrogen and oxygen atoms in total. The fraction of sp³-hybridized carbons (Fsp3) is 0.200. The predicted molar refractivity (Wildman–Crippen MR) is 90.5 cm³/mol. The molecular formula is C20H17NO3. The second kappa shape index (κ2) is 5.64.